The molecule has 2 fully saturated rings. The van der Waals surface area contributed by atoms with E-state index in [0.717, 1.165) is 6.42 Å². The molecular weight excluding hydrogens is 334 g/mol. The second kappa shape index (κ2) is 6.67. The number of hydrogen-bond donors (Lipinski definition) is 3. The van der Waals surface area contributed by atoms with Crippen LogP contribution in [-0.2, 0) is 19.5 Å². The van der Waals surface area contributed by atoms with Crippen LogP contribution in [0.3, 0.4) is 0 Å². The Hall–Kier alpha value is -1.68. The average Bonchev–Trinajstić information content (AvgIpc) is 2.95. The van der Waals surface area contributed by atoms with Crippen molar-refractivity contribution in [3.8, 4) is 0 Å². The summed E-state index contributed by atoms with van der Waals surface area (Å²) in [4.78, 5) is 10.9. The molecule has 1 aromatic carbocycles. The Kier molecular flexibility index (Phi) is 4.77. The Morgan fingerprint density at radius 3 is 2.71 bits per heavy atom. The smallest absolute Gasteiger partial charge is 0.316 e. The summed E-state index contributed by atoms with van der Waals surface area (Å²) in [5.74, 6) is 0.212. The quantitative estimate of drug-likeness (QED) is 0.687. The Balaban J connectivity index is 1.72. The van der Waals surface area contributed by atoms with Gasteiger partial charge < -0.3 is 20.5 Å². The fourth-order valence-corrected chi connectivity index (χ4v) is 4.84. The van der Waals surface area contributed by atoms with E-state index in [1.807, 2.05) is 0 Å². The Morgan fingerprint density at radius 2 is 2.08 bits per heavy atom. The van der Waals surface area contributed by atoms with Gasteiger partial charge in [-0.15, -0.1) is 0 Å². The maximum Gasteiger partial charge on any atom is 0.316 e. The minimum atomic E-state index is -3.66. The zero-order valence-electron chi connectivity index (χ0n) is 13.3. The third-order valence-corrected chi connectivity index (χ3v) is 6.09. The van der Waals surface area contributed by atoms with E-state index in [9.17, 15) is 13.2 Å². The van der Waals surface area contributed by atoms with Crippen molar-refractivity contribution in [2.75, 3.05) is 25.6 Å². The topological polar surface area (TPSA) is 120 Å². The molecular formula is C15H21N3O5S. The van der Waals surface area contributed by atoms with Gasteiger partial charge in [-0.25, -0.2) is 17.9 Å². The van der Waals surface area contributed by atoms with Gasteiger partial charge in [0.15, 0.2) is 0 Å². The van der Waals surface area contributed by atoms with E-state index in [1.165, 1.54) is 24.3 Å². The number of rotatable bonds is 6. The number of sulfonamides is 1. The largest absolute Gasteiger partial charge is 0.384 e. The van der Waals surface area contributed by atoms with Crippen LogP contribution in [0.15, 0.2) is 29.2 Å². The van der Waals surface area contributed by atoms with Crippen LogP contribution in [0.25, 0.3) is 0 Å². The molecule has 1 saturated carbocycles. The number of methoxy groups -OCH3 is 1. The minimum absolute atomic E-state index is 0.0214. The molecule has 0 bridgehead atoms. The predicted molar refractivity (Wildman–Crippen MR) is 87.0 cm³/mol. The third kappa shape index (κ3) is 3.25. The van der Waals surface area contributed by atoms with Crippen LogP contribution < -0.4 is 15.8 Å². The van der Waals surface area contributed by atoms with Crippen LogP contribution in [0.2, 0.25) is 0 Å². The summed E-state index contributed by atoms with van der Waals surface area (Å²) in [5.41, 5.74) is 5.47. The monoisotopic (exact) mass is 355 g/mol. The van der Waals surface area contributed by atoms with E-state index in [1.54, 1.807) is 7.11 Å². The number of ether oxygens (including phenoxy) is 2. The van der Waals surface area contributed by atoms with Crippen LogP contribution in [-0.4, -0.2) is 46.9 Å². The number of benzene rings is 1. The average molecular weight is 355 g/mol. The van der Waals surface area contributed by atoms with Gasteiger partial charge in [0.25, 0.3) is 0 Å². The molecule has 132 valence electrons. The van der Waals surface area contributed by atoms with E-state index >= 15 is 0 Å². The highest BCUT2D eigenvalue weighted by Gasteiger charge is 2.54. The van der Waals surface area contributed by atoms with Crippen LogP contribution >= 0.6 is 0 Å². The normalized spacial score (nSPS) is 28.9. The van der Waals surface area contributed by atoms with Crippen molar-refractivity contribution in [2.24, 2.45) is 17.6 Å². The lowest BCUT2D eigenvalue weighted by Crippen LogP contribution is -2.62. The minimum Gasteiger partial charge on any atom is -0.384 e. The molecule has 2 aliphatic rings. The zero-order valence-corrected chi connectivity index (χ0v) is 14.1. The standard InChI is InChI=1S/C15H21N3O5S/c1-22-8-12-13(11-6-7-23-14(11)12)18-24(20,21)10-4-2-9(3-5-10)17-15(16)19/h2-5,11-14,18H,6-8H2,1H3,(H3,16,17,19)/t11-,12+,13+,14-/m1/s1. The summed E-state index contributed by atoms with van der Waals surface area (Å²) in [5, 5.41) is 2.39. The van der Waals surface area contributed by atoms with Crippen LogP contribution in [0.5, 0.6) is 0 Å². The highest BCUT2D eigenvalue weighted by atomic mass is 32.2. The third-order valence-electron chi connectivity index (χ3n) is 4.61. The molecule has 9 heteroatoms. The Morgan fingerprint density at radius 1 is 1.38 bits per heavy atom. The van der Waals surface area contributed by atoms with Crippen LogP contribution in [0, 0.1) is 11.8 Å². The molecule has 0 aromatic heterocycles. The fourth-order valence-electron chi connectivity index (χ4n) is 3.50. The molecule has 8 nitrogen and oxygen atoms in total. The molecule has 0 spiro atoms. The molecule has 24 heavy (non-hydrogen) atoms. The van der Waals surface area contributed by atoms with E-state index in [-0.39, 0.29) is 28.9 Å². The van der Waals surface area contributed by atoms with Crippen molar-refractivity contribution in [1.29, 1.82) is 0 Å². The molecule has 1 saturated heterocycles. The van der Waals surface area contributed by atoms with Crippen molar-refractivity contribution < 1.29 is 22.7 Å². The SMILES string of the molecule is COC[C@H]1[C@@H](NS(=O)(=O)c2ccc(NC(N)=O)cc2)[C@H]2CCO[C@H]21. The second-order valence-corrected chi connectivity index (χ2v) is 7.78. The number of carbonyl (C=O) groups excluding carboxylic acids is 1. The summed E-state index contributed by atoms with van der Waals surface area (Å²) >= 11 is 0. The van der Waals surface area contributed by atoms with Crippen LogP contribution in [0.4, 0.5) is 10.5 Å². The number of nitrogens with one attached hydrogen (secondary N) is 2. The molecule has 1 aromatic rings. The molecule has 0 radical (unpaired) electrons. The highest BCUT2D eigenvalue weighted by molar-refractivity contribution is 7.89. The highest BCUT2D eigenvalue weighted by Crippen LogP contribution is 2.44. The Labute approximate surface area is 140 Å². The van der Waals surface area contributed by atoms with Gasteiger partial charge in [-0.1, -0.05) is 0 Å². The second-order valence-electron chi connectivity index (χ2n) is 6.07. The summed E-state index contributed by atoms with van der Waals surface area (Å²) in [6, 6.07) is 4.96. The van der Waals surface area contributed by atoms with Crippen molar-refractivity contribution in [2.45, 2.75) is 23.5 Å². The van der Waals surface area contributed by atoms with Gasteiger partial charge in [0.05, 0.1) is 17.6 Å². The number of fused-ring (bicyclic) bond motifs is 1. The van der Waals surface area contributed by atoms with Crippen molar-refractivity contribution in [3.63, 3.8) is 0 Å². The summed E-state index contributed by atoms with van der Waals surface area (Å²) in [7, 11) is -2.07. The number of amides is 2. The first-order chi connectivity index (χ1) is 11.4. The van der Waals surface area contributed by atoms with Crippen molar-refractivity contribution in [3.05, 3.63) is 24.3 Å². The number of urea groups is 1. The summed E-state index contributed by atoms with van der Waals surface area (Å²) < 4.78 is 38.8. The van der Waals surface area contributed by atoms with Gasteiger partial charge >= 0.3 is 6.03 Å². The van der Waals surface area contributed by atoms with E-state index in [2.05, 4.69) is 10.0 Å². The molecule has 1 heterocycles. The van der Waals surface area contributed by atoms with Crippen LogP contribution in [0.1, 0.15) is 6.42 Å². The van der Waals surface area contributed by atoms with E-state index < -0.39 is 16.1 Å². The Bertz CT molecular complexity index is 706. The van der Waals surface area contributed by atoms with Gasteiger partial charge in [0, 0.05) is 37.3 Å². The molecule has 0 unspecified atom stereocenters. The number of anilines is 1. The first-order valence-electron chi connectivity index (χ1n) is 7.72. The molecule has 4 atom stereocenters. The molecule has 4 N–H and O–H groups in total. The van der Waals surface area contributed by atoms with Gasteiger partial charge in [0.1, 0.15) is 0 Å². The lowest BCUT2D eigenvalue weighted by atomic mass is 9.68. The lowest BCUT2D eigenvalue weighted by molar-refractivity contribution is -0.0775. The van der Waals surface area contributed by atoms with Gasteiger partial charge in [-0.3, -0.25) is 0 Å². The summed E-state index contributed by atoms with van der Waals surface area (Å²) in [6.07, 6.45) is 0.916. The zero-order chi connectivity index (χ0) is 17.3. The van der Waals surface area contributed by atoms with Crippen molar-refractivity contribution in [1.82, 2.24) is 4.72 Å². The summed E-state index contributed by atoms with van der Waals surface area (Å²) in [6.45, 7) is 1.11. The number of hydrogen-bond acceptors (Lipinski definition) is 5. The van der Waals surface area contributed by atoms with Gasteiger partial charge in [0.2, 0.25) is 10.0 Å². The molecule has 3 rings (SSSR count). The molecule has 1 aliphatic heterocycles. The predicted octanol–water partition coefficient (Wildman–Crippen LogP) is 0.505. The molecule has 2 amide bonds. The number of carbonyl (C=O) groups is 1. The van der Waals surface area contributed by atoms with E-state index in [4.69, 9.17) is 15.2 Å². The lowest BCUT2D eigenvalue weighted by Gasteiger charge is -2.47. The number of nitrogens with two attached hydrogens (primary N) is 1. The van der Waals surface area contributed by atoms with E-state index in [0.29, 0.717) is 18.9 Å². The molecule has 1 aliphatic carbocycles. The first-order valence-corrected chi connectivity index (χ1v) is 9.20. The fraction of sp³-hybridized carbons (Fsp3) is 0.533. The maximum absolute atomic E-state index is 12.6. The van der Waals surface area contributed by atoms with Gasteiger partial charge in [-0.2, -0.15) is 0 Å². The first kappa shape index (κ1) is 17.2. The van der Waals surface area contributed by atoms with Crippen molar-refractivity contribution >= 4 is 21.7 Å². The van der Waals surface area contributed by atoms with Gasteiger partial charge in [-0.05, 0) is 30.7 Å². The maximum atomic E-state index is 12.6. The number of primary amides is 1.